The molecule has 7 nitrogen and oxygen atoms in total. The fourth-order valence-electron chi connectivity index (χ4n) is 4.91. The van der Waals surface area contributed by atoms with Crippen LogP contribution in [-0.2, 0) is 11.2 Å². The van der Waals surface area contributed by atoms with Crippen LogP contribution < -0.4 is 5.69 Å². The van der Waals surface area contributed by atoms with Crippen LogP contribution in [0, 0.1) is 11.8 Å². The zero-order valence-electron chi connectivity index (χ0n) is 18.9. The van der Waals surface area contributed by atoms with Crippen molar-refractivity contribution >= 4 is 5.91 Å². The van der Waals surface area contributed by atoms with Gasteiger partial charge in [-0.1, -0.05) is 24.3 Å². The molecule has 1 amide bonds. The van der Waals surface area contributed by atoms with Gasteiger partial charge in [-0.25, -0.2) is 14.5 Å². The van der Waals surface area contributed by atoms with Gasteiger partial charge < -0.3 is 9.47 Å². The molecule has 1 atom stereocenters. The minimum absolute atomic E-state index is 0.234. The molecule has 1 N–H and O–H groups in total. The summed E-state index contributed by atoms with van der Waals surface area (Å²) in [5, 5.41) is 6.92. The Morgan fingerprint density at radius 1 is 0.912 bits per heavy atom. The van der Waals surface area contributed by atoms with Crippen molar-refractivity contribution in [1.82, 2.24) is 24.2 Å². The zero-order chi connectivity index (χ0) is 23.1. The van der Waals surface area contributed by atoms with Gasteiger partial charge >= 0.3 is 5.69 Å². The number of carbonyl (C=O) groups is 1. The lowest BCUT2D eigenvalue weighted by atomic mass is 10.0. The number of hydrogen-bond acceptors (Lipinski definition) is 3. The van der Waals surface area contributed by atoms with Gasteiger partial charge in [-0.05, 0) is 72.7 Å². The number of H-pyrrole nitrogens is 1. The maximum atomic E-state index is 12.6. The lowest BCUT2D eigenvalue weighted by Gasteiger charge is -2.16. The summed E-state index contributed by atoms with van der Waals surface area (Å²) in [7, 11) is 0. The topological polar surface area (TPSA) is 75.9 Å². The molecule has 34 heavy (non-hydrogen) atoms. The highest BCUT2D eigenvalue weighted by molar-refractivity contribution is 5.81. The number of rotatable bonds is 6. The van der Waals surface area contributed by atoms with Gasteiger partial charge in [0, 0.05) is 43.5 Å². The highest BCUT2D eigenvalue weighted by Gasteiger charge is 2.36. The number of aromatic nitrogens is 4. The molecule has 1 saturated carbocycles. The third-order valence-corrected chi connectivity index (χ3v) is 6.97. The second kappa shape index (κ2) is 8.48. The molecule has 2 aromatic heterocycles. The molecule has 3 heterocycles. The largest absolute Gasteiger partial charge is 0.347 e. The van der Waals surface area contributed by atoms with Crippen LogP contribution >= 0.6 is 0 Å². The van der Waals surface area contributed by atoms with E-state index in [9.17, 15) is 9.59 Å². The Morgan fingerprint density at radius 2 is 1.56 bits per heavy atom. The van der Waals surface area contributed by atoms with Gasteiger partial charge in [0.25, 0.3) is 0 Å². The molecule has 2 aromatic carbocycles. The van der Waals surface area contributed by atoms with Crippen molar-refractivity contribution < 1.29 is 4.79 Å². The summed E-state index contributed by atoms with van der Waals surface area (Å²) in [6.07, 6.45) is 7.75. The molecule has 7 heteroatoms. The number of nitrogens with one attached hydrogen (secondary N) is 1. The van der Waals surface area contributed by atoms with Crippen LogP contribution in [0.5, 0.6) is 0 Å². The summed E-state index contributed by atoms with van der Waals surface area (Å²) >= 11 is 0. The average molecular weight is 454 g/mol. The summed E-state index contributed by atoms with van der Waals surface area (Å²) in [6, 6.07) is 20.4. The summed E-state index contributed by atoms with van der Waals surface area (Å²) in [5.41, 5.74) is 3.89. The Kier molecular flexibility index (Phi) is 5.17. The second-order valence-corrected chi connectivity index (χ2v) is 9.38. The van der Waals surface area contributed by atoms with Crippen LogP contribution in [0.3, 0.4) is 0 Å². The van der Waals surface area contributed by atoms with Crippen molar-refractivity contribution in [3.05, 3.63) is 89.4 Å². The number of likely N-dealkylation sites (tertiary alicyclic amines) is 1. The van der Waals surface area contributed by atoms with E-state index in [1.165, 1.54) is 0 Å². The Morgan fingerprint density at radius 3 is 2.21 bits per heavy atom. The maximum absolute atomic E-state index is 12.6. The van der Waals surface area contributed by atoms with Crippen molar-refractivity contribution in [3.63, 3.8) is 0 Å². The SMILES string of the molecule is O=C(C1CC1)N1CCC(Cc2n[nH]c(=O)n2-c2ccc(-c3ccc(-n4cccc4)cc3)cc2)C1. The first kappa shape index (κ1) is 20.7. The number of amides is 1. The van der Waals surface area contributed by atoms with Crippen LogP contribution in [0.2, 0.25) is 0 Å². The smallest absolute Gasteiger partial charge is 0.342 e. The van der Waals surface area contributed by atoms with Gasteiger partial charge in [0.1, 0.15) is 5.82 Å². The average Bonchev–Trinajstić information content (AvgIpc) is 3.22. The number of hydrogen-bond donors (Lipinski definition) is 1. The van der Waals surface area contributed by atoms with E-state index in [0.717, 1.165) is 60.7 Å². The summed E-state index contributed by atoms with van der Waals surface area (Å²) in [4.78, 5) is 26.9. The van der Waals surface area contributed by atoms with Crippen molar-refractivity contribution in [2.45, 2.75) is 25.7 Å². The van der Waals surface area contributed by atoms with E-state index in [0.29, 0.717) is 18.2 Å². The molecular weight excluding hydrogens is 426 g/mol. The molecule has 0 bridgehead atoms. The van der Waals surface area contributed by atoms with Crippen molar-refractivity contribution in [1.29, 1.82) is 0 Å². The predicted molar refractivity (Wildman–Crippen MR) is 130 cm³/mol. The van der Waals surface area contributed by atoms with E-state index >= 15 is 0 Å². The van der Waals surface area contributed by atoms with Gasteiger partial charge in [-0.2, -0.15) is 5.10 Å². The molecule has 4 aromatic rings. The number of carbonyl (C=O) groups excluding carboxylic acids is 1. The van der Waals surface area contributed by atoms with E-state index in [2.05, 4.69) is 39.0 Å². The Balaban J connectivity index is 1.18. The second-order valence-electron chi connectivity index (χ2n) is 9.38. The summed E-state index contributed by atoms with van der Waals surface area (Å²) < 4.78 is 3.73. The molecule has 172 valence electrons. The lowest BCUT2D eigenvalue weighted by Crippen LogP contribution is -2.30. The molecule has 1 saturated heterocycles. The van der Waals surface area contributed by atoms with Crippen LogP contribution in [0.1, 0.15) is 25.1 Å². The summed E-state index contributed by atoms with van der Waals surface area (Å²) in [5.74, 6) is 1.61. The van der Waals surface area contributed by atoms with Crippen LogP contribution in [0.15, 0.2) is 77.9 Å². The van der Waals surface area contributed by atoms with Crippen molar-refractivity contribution in [2.24, 2.45) is 11.8 Å². The van der Waals surface area contributed by atoms with Gasteiger partial charge in [-0.15, -0.1) is 0 Å². The summed E-state index contributed by atoms with van der Waals surface area (Å²) in [6.45, 7) is 1.57. The monoisotopic (exact) mass is 453 g/mol. The molecule has 1 unspecified atom stereocenters. The van der Waals surface area contributed by atoms with Crippen LogP contribution in [0.25, 0.3) is 22.5 Å². The first-order valence-corrected chi connectivity index (χ1v) is 11.9. The minimum atomic E-state index is -0.234. The quantitative estimate of drug-likeness (QED) is 0.482. The van der Waals surface area contributed by atoms with E-state index in [4.69, 9.17) is 0 Å². The van der Waals surface area contributed by atoms with Crippen molar-refractivity contribution in [2.75, 3.05) is 13.1 Å². The third kappa shape index (κ3) is 3.98. The van der Waals surface area contributed by atoms with Gasteiger partial charge in [0.05, 0.1) is 5.69 Å². The maximum Gasteiger partial charge on any atom is 0.347 e. The first-order valence-electron chi connectivity index (χ1n) is 11.9. The third-order valence-electron chi connectivity index (χ3n) is 6.97. The standard InChI is InChI=1S/C27H27N5O2/c33-26(22-3-4-22)31-16-13-19(18-31)17-25-28-29-27(34)32(25)24-11-7-21(8-12-24)20-5-9-23(10-6-20)30-14-1-2-15-30/h1-2,5-12,14-15,19,22H,3-4,13,16-18H2,(H,29,34). The zero-order valence-corrected chi connectivity index (χ0v) is 18.9. The van der Waals surface area contributed by atoms with E-state index in [1.807, 2.05) is 53.7 Å². The fraction of sp³-hybridized carbons (Fsp3) is 0.296. The molecule has 0 spiro atoms. The van der Waals surface area contributed by atoms with E-state index in [1.54, 1.807) is 4.57 Å². The molecule has 1 aliphatic heterocycles. The fourth-order valence-corrected chi connectivity index (χ4v) is 4.91. The van der Waals surface area contributed by atoms with Gasteiger partial charge in [0.2, 0.25) is 5.91 Å². The highest BCUT2D eigenvalue weighted by atomic mass is 16.2. The normalized spacial score (nSPS) is 17.9. The lowest BCUT2D eigenvalue weighted by molar-refractivity contribution is -0.131. The molecule has 6 rings (SSSR count). The van der Waals surface area contributed by atoms with Gasteiger partial charge in [-0.3, -0.25) is 4.79 Å². The first-order chi connectivity index (χ1) is 16.7. The number of aromatic amines is 1. The Bertz CT molecular complexity index is 1350. The molecule has 0 radical (unpaired) electrons. The van der Waals surface area contributed by atoms with Crippen molar-refractivity contribution in [3.8, 4) is 22.5 Å². The highest BCUT2D eigenvalue weighted by Crippen LogP contribution is 2.33. The molecule has 2 fully saturated rings. The Hall–Kier alpha value is -3.87. The number of nitrogens with zero attached hydrogens (tertiary/aromatic N) is 4. The van der Waals surface area contributed by atoms with E-state index in [-0.39, 0.29) is 11.6 Å². The van der Waals surface area contributed by atoms with E-state index < -0.39 is 0 Å². The number of benzene rings is 2. The molecule has 1 aliphatic carbocycles. The predicted octanol–water partition coefficient (Wildman–Crippen LogP) is 3.82. The van der Waals surface area contributed by atoms with Crippen LogP contribution in [0.4, 0.5) is 0 Å². The Labute approximate surface area is 197 Å². The molecule has 2 aliphatic rings. The van der Waals surface area contributed by atoms with Gasteiger partial charge in [0.15, 0.2) is 0 Å². The van der Waals surface area contributed by atoms with Crippen LogP contribution in [-0.4, -0.2) is 43.2 Å². The minimum Gasteiger partial charge on any atom is -0.342 e. The molecular formula is C27H27N5O2.